The molecule has 84 valence electrons. The van der Waals surface area contributed by atoms with E-state index in [9.17, 15) is 9.90 Å². The molecule has 0 bridgehead atoms. The van der Waals surface area contributed by atoms with Crippen LogP contribution in [0.1, 0.15) is 6.92 Å². The van der Waals surface area contributed by atoms with Gasteiger partial charge in [0.05, 0.1) is 12.2 Å². The summed E-state index contributed by atoms with van der Waals surface area (Å²) in [5.74, 6) is -0.720. The summed E-state index contributed by atoms with van der Waals surface area (Å²) < 4.78 is 10.1. The maximum Gasteiger partial charge on any atom is 0.419 e. The molecule has 0 aliphatic carbocycles. The van der Waals surface area contributed by atoms with Gasteiger partial charge in [0.1, 0.15) is 0 Å². The number of aromatic hydroxyl groups is 1. The Balaban J connectivity index is 2.55. The van der Waals surface area contributed by atoms with E-state index in [1.807, 2.05) is 6.92 Å². The van der Waals surface area contributed by atoms with Crippen LogP contribution in [-0.2, 0) is 0 Å². The number of pyridine rings is 1. The molecular formula is C10H10N2O4. The lowest BCUT2D eigenvalue weighted by Crippen LogP contribution is -1.96. The largest absolute Gasteiger partial charge is 0.492 e. The summed E-state index contributed by atoms with van der Waals surface area (Å²) >= 11 is 0. The highest BCUT2D eigenvalue weighted by Gasteiger charge is 2.16. The third kappa shape index (κ3) is 1.77. The molecule has 0 aliphatic rings. The van der Waals surface area contributed by atoms with Crippen LogP contribution >= 0.6 is 0 Å². The number of nitrogens with one attached hydrogen (secondary N) is 1. The summed E-state index contributed by atoms with van der Waals surface area (Å²) in [5.41, 5.74) is 0.431. The van der Waals surface area contributed by atoms with E-state index in [0.29, 0.717) is 18.1 Å². The normalized spacial score (nSPS) is 10.3. The number of aromatic amines is 1. The molecule has 6 nitrogen and oxygen atoms in total. The average molecular weight is 222 g/mol. The molecule has 0 spiro atoms. The topological polar surface area (TPSA) is 88.4 Å². The molecule has 0 saturated carbocycles. The third-order valence-corrected chi connectivity index (χ3v) is 1.93. The molecule has 2 aromatic heterocycles. The molecule has 2 aromatic rings. The van der Waals surface area contributed by atoms with E-state index in [1.165, 1.54) is 0 Å². The molecule has 0 atom stereocenters. The zero-order valence-electron chi connectivity index (χ0n) is 8.56. The Labute approximate surface area is 90.5 Å². The number of H-pyrrole nitrogens is 1. The molecule has 0 aromatic carbocycles. The number of oxazole rings is 1. The van der Waals surface area contributed by atoms with Crippen LogP contribution in [0.2, 0.25) is 0 Å². The quantitative estimate of drug-likeness (QED) is 0.812. The van der Waals surface area contributed by atoms with Gasteiger partial charge in [0.2, 0.25) is 17.5 Å². The average Bonchev–Trinajstić information content (AvgIpc) is 2.59. The Kier molecular flexibility index (Phi) is 2.63. The smallest absolute Gasteiger partial charge is 0.419 e. The van der Waals surface area contributed by atoms with Crippen molar-refractivity contribution in [3.8, 4) is 23.1 Å². The van der Waals surface area contributed by atoms with Gasteiger partial charge in [-0.05, 0) is 19.1 Å². The molecule has 0 fully saturated rings. The Morgan fingerprint density at radius 2 is 2.44 bits per heavy atom. The minimum absolute atomic E-state index is 0.0292. The fraction of sp³-hybridized carbons (Fsp3) is 0.200. The van der Waals surface area contributed by atoms with Crippen LogP contribution in [0.4, 0.5) is 0 Å². The maximum absolute atomic E-state index is 10.9. The minimum Gasteiger partial charge on any atom is -0.492 e. The van der Waals surface area contributed by atoms with Crippen molar-refractivity contribution in [3.63, 3.8) is 0 Å². The first-order valence-corrected chi connectivity index (χ1v) is 4.72. The Morgan fingerprint density at radius 3 is 3.06 bits per heavy atom. The highest BCUT2D eigenvalue weighted by Crippen LogP contribution is 2.32. The first-order valence-electron chi connectivity index (χ1n) is 4.72. The van der Waals surface area contributed by atoms with Gasteiger partial charge in [0.15, 0.2) is 0 Å². The Bertz CT molecular complexity index is 544. The van der Waals surface area contributed by atoms with Crippen molar-refractivity contribution in [2.45, 2.75) is 6.92 Å². The fourth-order valence-corrected chi connectivity index (χ4v) is 1.32. The molecular weight excluding hydrogens is 212 g/mol. The van der Waals surface area contributed by atoms with Crippen molar-refractivity contribution < 1.29 is 14.3 Å². The molecule has 2 rings (SSSR count). The van der Waals surface area contributed by atoms with Gasteiger partial charge in [-0.25, -0.2) is 9.78 Å². The highest BCUT2D eigenvalue weighted by atomic mass is 16.5. The predicted molar refractivity (Wildman–Crippen MR) is 55.4 cm³/mol. The van der Waals surface area contributed by atoms with E-state index in [-0.39, 0.29) is 11.6 Å². The van der Waals surface area contributed by atoms with Crippen molar-refractivity contribution in [1.29, 1.82) is 0 Å². The van der Waals surface area contributed by atoms with E-state index in [0.717, 1.165) is 0 Å². The lowest BCUT2D eigenvalue weighted by Gasteiger charge is -2.05. The molecule has 0 saturated heterocycles. The van der Waals surface area contributed by atoms with E-state index in [1.54, 1.807) is 18.3 Å². The molecule has 6 heteroatoms. The second-order valence-electron chi connectivity index (χ2n) is 2.98. The SMILES string of the molecule is CCOc1ncccc1-c1oc(=O)[nH]c1O. The lowest BCUT2D eigenvalue weighted by atomic mass is 10.2. The zero-order chi connectivity index (χ0) is 11.5. The van der Waals surface area contributed by atoms with Crippen LogP contribution in [0.5, 0.6) is 11.8 Å². The van der Waals surface area contributed by atoms with Gasteiger partial charge in [-0.15, -0.1) is 0 Å². The number of nitrogens with zero attached hydrogens (tertiary/aromatic N) is 1. The number of hydrogen-bond donors (Lipinski definition) is 2. The standard InChI is InChI=1S/C10H10N2O4/c1-2-15-9-6(4-3-5-11-9)7-8(13)12-10(14)16-7/h3-5,13H,2H2,1H3,(H,12,14). The first-order chi connectivity index (χ1) is 7.72. The van der Waals surface area contributed by atoms with E-state index in [4.69, 9.17) is 9.15 Å². The predicted octanol–water partition coefficient (Wildman–Crippen LogP) is 1.13. The number of hydrogen-bond acceptors (Lipinski definition) is 5. The Hall–Kier alpha value is -2.24. The number of ether oxygens (including phenoxy) is 1. The van der Waals surface area contributed by atoms with Crippen LogP contribution in [0.3, 0.4) is 0 Å². The first kappa shape index (κ1) is 10.3. The van der Waals surface area contributed by atoms with Crippen molar-refractivity contribution in [2.75, 3.05) is 6.61 Å². The van der Waals surface area contributed by atoms with Crippen LogP contribution in [0.25, 0.3) is 11.3 Å². The van der Waals surface area contributed by atoms with Crippen molar-refractivity contribution in [2.24, 2.45) is 0 Å². The number of rotatable bonds is 3. The second kappa shape index (κ2) is 4.09. The van der Waals surface area contributed by atoms with Gasteiger partial charge >= 0.3 is 5.76 Å². The van der Waals surface area contributed by atoms with Crippen molar-refractivity contribution >= 4 is 0 Å². The molecule has 0 aliphatic heterocycles. The van der Waals surface area contributed by atoms with E-state index >= 15 is 0 Å². The van der Waals surface area contributed by atoms with Gasteiger partial charge in [-0.3, -0.25) is 4.98 Å². The van der Waals surface area contributed by atoms with Crippen LogP contribution in [0.15, 0.2) is 27.5 Å². The molecule has 0 radical (unpaired) electrons. The summed E-state index contributed by atoms with van der Waals surface area (Å²) in [7, 11) is 0. The molecule has 0 amide bonds. The van der Waals surface area contributed by atoms with Gasteiger partial charge in [-0.1, -0.05) is 0 Å². The highest BCUT2D eigenvalue weighted by molar-refractivity contribution is 5.66. The van der Waals surface area contributed by atoms with Gasteiger partial charge < -0.3 is 14.3 Å². The van der Waals surface area contributed by atoms with Gasteiger partial charge in [0, 0.05) is 6.20 Å². The van der Waals surface area contributed by atoms with E-state index < -0.39 is 5.76 Å². The summed E-state index contributed by atoms with van der Waals surface area (Å²) in [6.07, 6.45) is 1.55. The van der Waals surface area contributed by atoms with Gasteiger partial charge in [-0.2, -0.15) is 0 Å². The van der Waals surface area contributed by atoms with E-state index in [2.05, 4.69) is 9.97 Å². The summed E-state index contributed by atoms with van der Waals surface area (Å²) in [4.78, 5) is 17.0. The third-order valence-electron chi connectivity index (χ3n) is 1.93. The maximum atomic E-state index is 10.9. The molecule has 0 unspecified atom stereocenters. The molecule has 16 heavy (non-hydrogen) atoms. The summed E-state index contributed by atoms with van der Waals surface area (Å²) in [5, 5.41) is 9.44. The second-order valence-corrected chi connectivity index (χ2v) is 2.98. The zero-order valence-corrected chi connectivity index (χ0v) is 8.56. The summed E-state index contributed by atoms with van der Waals surface area (Å²) in [6, 6.07) is 3.30. The lowest BCUT2D eigenvalue weighted by molar-refractivity contribution is 0.327. The fourth-order valence-electron chi connectivity index (χ4n) is 1.32. The Morgan fingerprint density at radius 1 is 1.62 bits per heavy atom. The van der Waals surface area contributed by atoms with Crippen molar-refractivity contribution in [1.82, 2.24) is 9.97 Å². The molecule has 2 heterocycles. The minimum atomic E-state index is -0.723. The monoisotopic (exact) mass is 222 g/mol. The molecule has 2 N–H and O–H groups in total. The summed E-state index contributed by atoms with van der Waals surface area (Å²) in [6.45, 7) is 2.24. The van der Waals surface area contributed by atoms with Crippen molar-refractivity contribution in [3.05, 3.63) is 28.9 Å². The number of aromatic nitrogens is 2. The van der Waals surface area contributed by atoms with Crippen LogP contribution in [-0.4, -0.2) is 21.7 Å². The van der Waals surface area contributed by atoms with Crippen LogP contribution < -0.4 is 10.5 Å². The van der Waals surface area contributed by atoms with Crippen LogP contribution in [0, 0.1) is 0 Å². The van der Waals surface area contributed by atoms with Gasteiger partial charge in [0.25, 0.3) is 0 Å².